The van der Waals surface area contributed by atoms with Crippen molar-refractivity contribution < 1.29 is 27.8 Å². The van der Waals surface area contributed by atoms with Crippen LogP contribution in [0, 0.1) is 0 Å². The molecule has 0 saturated carbocycles. The molecule has 0 saturated heterocycles. The minimum atomic E-state index is -4.40. The molecule has 114 valence electrons. The Bertz CT molecular complexity index is 292. The molecule has 0 heterocycles. The first-order valence-electron chi connectivity index (χ1n) is 5.59. The summed E-state index contributed by atoms with van der Waals surface area (Å²) in [5.74, 6) is 0. The predicted octanol–water partition coefficient (Wildman–Crippen LogP) is 0.828. The van der Waals surface area contributed by atoms with E-state index in [4.69, 9.17) is 4.74 Å². The van der Waals surface area contributed by atoms with Gasteiger partial charge >= 0.3 is 12.3 Å². The number of hydrazine groups is 1. The van der Waals surface area contributed by atoms with Crippen molar-refractivity contribution in [3.63, 3.8) is 0 Å². The average molecular weight is 287 g/mol. The van der Waals surface area contributed by atoms with E-state index in [-0.39, 0.29) is 6.54 Å². The number of hydrogen-bond donors (Lipinski definition) is 3. The molecule has 0 radical (unpaired) electrons. The number of aliphatic hydroxyl groups excluding tert-OH is 1. The SMILES string of the molecule is CN(NCC(O)NCC(F)(F)F)C(=O)OC(C)(C)C. The van der Waals surface area contributed by atoms with Crippen LogP contribution in [0.3, 0.4) is 0 Å². The first-order chi connectivity index (χ1) is 8.41. The van der Waals surface area contributed by atoms with Gasteiger partial charge in [-0.15, -0.1) is 0 Å². The fourth-order valence-corrected chi connectivity index (χ4v) is 0.924. The molecule has 0 spiro atoms. The zero-order valence-corrected chi connectivity index (χ0v) is 11.3. The van der Waals surface area contributed by atoms with Crippen molar-refractivity contribution in [2.45, 2.75) is 38.8 Å². The Labute approximate surface area is 109 Å². The summed E-state index contributed by atoms with van der Waals surface area (Å²) in [5.41, 5.74) is 1.74. The molecular formula is C10H20F3N3O3. The number of ether oxygens (including phenoxy) is 1. The Morgan fingerprint density at radius 2 is 1.89 bits per heavy atom. The standard InChI is InChI=1S/C10H20F3N3O3/c1-9(2,3)19-8(18)16(4)15-5-7(17)14-6-10(11,12)13/h7,14-15,17H,5-6H2,1-4H3. The summed E-state index contributed by atoms with van der Waals surface area (Å²) < 4.78 is 40.5. The second kappa shape index (κ2) is 6.92. The number of amides is 1. The van der Waals surface area contributed by atoms with Crippen LogP contribution in [0.5, 0.6) is 0 Å². The van der Waals surface area contributed by atoms with Crippen molar-refractivity contribution in [1.29, 1.82) is 0 Å². The third-order valence-corrected chi connectivity index (χ3v) is 1.73. The Hall–Kier alpha value is -1.06. The van der Waals surface area contributed by atoms with Gasteiger partial charge in [0.2, 0.25) is 0 Å². The third kappa shape index (κ3) is 10.5. The molecule has 1 atom stereocenters. The number of carbonyl (C=O) groups excluding carboxylic acids is 1. The van der Waals surface area contributed by atoms with Crippen LogP contribution in [0.4, 0.5) is 18.0 Å². The molecule has 1 amide bonds. The summed E-state index contributed by atoms with van der Waals surface area (Å²) in [7, 11) is 1.34. The van der Waals surface area contributed by atoms with Crippen molar-refractivity contribution in [1.82, 2.24) is 15.8 Å². The second-order valence-electron chi connectivity index (χ2n) is 4.91. The van der Waals surface area contributed by atoms with Gasteiger partial charge in [0.25, 0.3) is 0 Å². The maximum atomic E-state index is 11.9. The van der Waals surface area contributed by atoms with E-state index in [1.165, 1.54) is 7.05 Å². The number of alkyl halides is 3. The smallest absolute Gasteiger partial charge is 0.424 e. The average Bonchev–Trinajstić information content (AvgIpc) is 2.19. The Balaban J connectivity index is 3.96. The Morgan fingerprint density at radius 3 is 2.32 bits per heavy atom. The van der Waals surface area contributed by atoms with Gasteiger partial charge in [0, 0.05) is 7.05 Å². The zero-order valence-electron chi connectivity index (χ0n) is 11.3. The van der Waals surface area contributed by atoms with Crippen LogP contribution in [0.25, 0.3) is 0 Å². The van der Waals surface area contributed by atoms with Crippen molar-refractivity contribution in [3.05, 3.63) is 0 Å². The van der Waals surface area contributed by atoms with Crippen LogP contribution >= 0.6 is 0 Å². The lowest BCUT2D eigenvalue weighted by atomic mass is 10.2. The van der Waals surface area contributed by atoms with Crippen molar-refractivity contribution in [2.24, 2.45) is 0 Å². The minimum Gasteiger partial charge on any atom is -0.443 e. The van der Waals surface area contributed by atoms with Crippen LogP contribution in [-0.2, 0) is 4.74 Å². The molecule has 0 bridgehead atoms. The fraction of sp³-hybridized carbons (Fsp3) is 0.900. The number of rotatable bonds is 5. The van der Waals surface area contributed by atoms with Gasteiger partial charge < -0.3 is 9.84 Å². The lowest BCUT2D eigenvalue weighted by molar-refractivity contribution is -0.131. The van der Waals surface area contributed by atoms with Gasteiger partial charge in [-0.1, -0.05) is 0 Å². The van der Waals surface area contributed by atoms with Crippen LogP contribution in [0.2, 0.25) is 0 Å². The van der Waals surface area contributed by atoms with E-state index in [1.807, 2.05) is 5.32 Å². The van der Waals surface area contributed by atoms with E-state index in [1.54, 1.807) is 20.8 Å². The van der Waals surface area contributed by atoms with E-state index >= 15 is 0 Å². The molecule has 0 aliphatic carbocycles. The molecule has 0 aliphatic rings. The van der Waals surface area contributed by atoms with E-state index in [0.29, 0.717) is 0 Å². The number of carbonyl (C=O) groups is 1. The molecule has 0 rings (SSSR count). The predicted molar refractivity (Wildman–Crippen MR) is 62.1 cm³/mol. The lowest BCUT2D eigenvalue weighted by Crippen LogP contribution is -2.49. The molecule has 19 heavy (non-hydrogen) atoms. The topological polar surface area (TPSA) is 73.8 Å². The lowest BCUT2D eigenvalue weighted by Gasteiger charge is -2.26. The Kier molecular flexibility index (Phi) is 6.53. The van der Waals surface area contributed by atoms with E-state index in [2.05, 4.69) is 5.43 Å². The quantitative estimate of drug-likeness (QED) is 0.516. The molecule has 0 fully saturated rings. The summed E-state index contributed by atoms with van der Waals surface area (Å²) in [4.78, 5) is 11.4. The fourth-order valence-electron chi connectivity index (χ4n) is 0.924. The van der Waals surface area contributed by atoms with Crippen molar-refractivity contribution >= 4 is 6.09 Å². The van der Waals surface area contributed by atoms with Crippen LogP contribution in [-0.4, -0.2) is 54.4 Å². The molecule has 0 aromatic carbocycles. The molecule has 1 unspecified atom stereocenters. The molecule has 3 N–H and O–H groups in total. The summed E-state index contributed by atoms with van der Waals surface area (Å²) in [6.45, 7) is 3.45. The van der Waals surface area contributed by atoms with Crippen molar-refractivity contribution in [2.75, 3.05) is 20.1 Å². The highest BCUT2D eigenvalue weighted by Gasteiger charge is 2.27. The van der Waals surface area contributed by atoms with E-state index in [9.17, 15) is 23.1 Å². The largest absolute Gasteiger partial charge is 0.443 e. The van der Waals surface area contributed by atoms with Gasteiger partial charge in [0.15, 0.2) is 0 Å². The number of halogens is 3. The Morgan fingerprint density at radius 1 is 1.37 bits per heavy atom. The van der Waals surface area contributed by atoms with Gasteiger partial charge in [-0.2, -0.15) is 13.2 Å². The van der Waals surface area contributed by atoms with Gasteiger partial charge in [0.05, 0.1) is 13.1 Å². The monoisotopic (exact) mass is 287 g/mol. The summed E-state index contributed by atoms with van der Waals surface area (Å²) in [5, 5.41) is 12.0. The first-order valence-corrected chi connectivity index (χ1v) is 5.59. The summed E-state index contributed by atoms with van der Waals surface area (Å²) in [6, 6.07) is 0. The number of nitrogens with one attached hydrogen (secondary N) is 2. The van der Waals surface area contributed by atoms with E-state index in [0.717, 1.165) is 5.01 Å². The molecular weight excluding hydrogens is 267 g/mol. The highest BCUT2D eigenvalue weighted by Crippen LogP contribution is 2.12. The highest BCUT2D eigenvalue weighted by molar-refractivity contribution is 5.67. The molecule has 6 nitrogen and oxygen atoms in total. The van der Waals surface area contributed by atoms with Crippen LogP contribution in [0.1, 0.15) is 20.8 Å². The number of nitrogens with zero attached hydrogens (tertiary/aromatic N) is 1. The normalized spacial score (nSPS) is 14.1. The van der Waals surface area contributed by atoms with Crippen molar-refractivity contribution in [3.8, 4) is 0 Å². The molecule has 0 aliphatic heterocycles. The van der Waals surface area contributed by atoms with Gasteiger partial charge in [-0.05, 0) is 20.8 Å². The van der Waals surface area contributed by atoms with Crippen LogP contribution < -0.4 is 10.7 Å². The third-order valence-electron chi connectivity index (χ3n) is 1.73. The zero-order chi connectivity index (χ0) is 15.3. The highest BCUT2D eigenvalue weighted by atomic mass is 19.4. The number of aliphatic hydroxyl groups is 1. The van der Waals surface area contributed by atoms with Gasteiger partial charge in [-0.25, -0.2) is 15.2 Å². The second-order valence-corrected chi connectivity index (χ2v) is 4.91. The first kappa shape index (κ1) is 17.9. The maximum Gasteiger partial charge on any atom is 0.424 e. The molecule has 0 aromatic rings. The van der Waals surface area contributed by atoms with Gasteiger partial charge in [-0.3, -0.25) is 5.32 Å². The number of hydrogen-bond acceptors (Lipinski definition) is 5. The van der Waals surface area contributed by atoms with E-state index < -0.39 is 30.6 Å². The van der Waals surface area contributed by atoms with Crippen LogP contribution in [0.15, 0.2) is 0 Å². The molecule has 9 heteroatoms. The minimum absolute atomic E-state index is 0.272. The molecule has 0 aromatic heterocycles. The summed E-state index contributed by atoms with van der Waals surface area (Å²) >= 11 is 0. The maximum absolute atomic E-state index is 11.9. The summed E-state index contributed by atoms with van der Waals surface area (Å²) in [6.07, 6.45) is -6.54. The van der Waals surface area contributed by atoms with Gasteiger partial charge in [0.1, 0.15) is 11.8 Å².